The Hall–Kier alpha value is -4.83. The highest BCUT2D eigenvalue weighted by atomic mass is 32.1. The van der Waals surface area contributed by atoms with Gasteiger partial charge in [-0.05, 0) is 67.8 Å². The fraction of sp³-hybridized carbons (Fsp3) is 0.219. The van der Waals surface area contributed by atoms with Crippen LogP contribution in [0.1, 0.15) is 40.2 Å². The molecule has 3 heterocycles. The van der Waals surface area contributed by atoms with Crippen molar-refractivity contribution in [2.75, 3.05) is 25.7 Å². The van der Waals surface area contributed by atoms with Crippen LogP contribution in [0.5, 0.6) is 17.2 Å². The normalized spacial score (nSPS) is 15.2. The highest BCUT2D eigenvalue weighted by Crippen LogP contribution is 2.46. The van der Waals surface area contributed by atoms with Crippen LogP contribution < -0.4 is 19.1 Å². The zero-order valence-electron chi connectivity index (χ0n) is 23.7. The first-order valence-corrected chi connectivity index (χ1v) is 14.1. The van der Waals surface area contributed by atoms with E-state index in [9.17, 15) is 14.7 Å². The van der Waals surface area contributed by atoms with Crippen molar-refractivity contribution in [1.29, 1.82) is 0 Å². The Kier molecular flexibility index (Phi) is 6.86. The first kappa shape index (κ1) is 27.3. The molecule has 1 amide bonds. The van der Waals surface area contributed by atoms with E-state index in [0.717, 1.165) is 21.3 Å². The van der Waals surface area contributed by atoms with Crippen LogP contribution in [0.15, 0.2) is 70.3 Å². The predicted octanol–water partition coefficient (Wildman–Crippen LogP) is 6.86. The monoisotopic (exact) mass is 584 g/mol. The molecule has 0 aliphatic carbocycles. The summed E-state index contributed by atoms with van der Waals surface area (Å²) >= 11 is 1.32. The van der Waals surface area contributed by atoms with E-state index in [2.05, 4.69) is 0 Å². The van der Waals surface area contributed by atoms with Crippen molar-refractivity contribution in [3.05, 3.63) is 88.4 Å². The van der Waals surface area contributed by atoms with E-state index < -0.39 is 23.5 Å². The Balaban J connectivity index is 1.53. The summed E-state index contributed by atoms with van der Waals surface area (Å²) in [4.78, 5) is 34.1. The van der Waals surface area contributed by atoms with Gasteiger partial charge in [0, 0.05) is 5.39 Å². The van der Waals surface area contributed by atoms with Crippen molar-refractivity contribution in [1.82, 2.24) is 4.98 Å². The summed E-state index contributed by atoms with van der Waals surface area (Å²) in [5.41, 5.74) is 3.56. The maximum absolute atomic E-state index is 14.1. The van der Waals surface area contributed by atoms with E-state index in [4.69, 9.17) is 23.6 Å². The number of furan rings is 1. The first-order valence-electron chi connectivity index (χ1n) is 13.3. The van der Waals surface area contributed by atoms with E-state index in [-0.39, 0.29) is 11.3 Å². The molecule has 1 atom stereocenters. The molecule has 1 unspecified atom stereocenters. The van der Waals surface area contributed by atoms with Crippen LogP contribution in [0, 0.1) is 13.8 Å². The molecule has 42 heavy (non-hydrogen) atoms. The number of carbonyl (C=O) groups excluding carboxylic acids is 2. The van der Waals surface area contributed by atoms with Crippen LogP contribution in [-0.4, -0.2) is 42.6 Å². The van der Waals surface area contributed by atoms with Crippen molar-refractivity contribution in [3.8, 4) is 17.2 Å². The van der Waals surface area contributed by atoms with Gasteiger partial charge in [-0.3, -0.25) is 14.5 Å². The first-order chi connectivity index (χ1) is 20.2. The zero-order chi connectivity index (χ0) is 29.7. The SMILES string of the molecule is CCOc1ccc(C2C(C(=O)c3cc4cccc(OC)c4o3)=C(O)C(=O)N2c2nc3c(C)cc(C)cc3s2)cc1OC. The molecule has 0 saturated heterocycles. The zero-order valence-corrected chi connectivity index (χ0v) is 24.5. The Morgan fingerprint density at radius 3 is 2.57 bits per heavy atom. The third kappa shape index (κ3) is 4.35. The average Bonchev–Trinajstić information content (AvgIpc) is 3.67. The number of aromatic nitrogens is 1. The lowest BCUT2D eigenvalue weighted by atomic mass is 9.95. The number of rotatable bonds is 8. The van der Waals surface area contributed by atoms with Gasteiger partial charge in [0.25, 0.3) is 5.91 Å². The van der Waals surface area contributed by atoms with Gasteiger partial charge in [0.1, 0.15) is 0 Å². The van der Waals surface area contributed by atoms with Crippen LogP contribution in [0.2, 0.25) is 0 Å². The minimum Gasteiger partial charge on any atom is -0.503 e. The quantitative estimate of drug-likeness (QED) is 0.197. The number of aliphatic hydroxyl groups is 1. The molecular weight excluding hydrogens is 556 g/mol. The van der Waals surface area contributed by atoms with Crippen LogP contribution in [-0.2, 0) is 4.79 Å². The fourth-order valence-corrected chi connectivity index (χ4v) is 6.55. The smallest absolute Gasteiger partial charge is 0.296 e. The number of benzene rings is 3. The molecule has 0 fully saturated rings. The van der Waals surface area contributed by atoms with Gasteiger partial charge in [-0.1, -0.05) is 35.6 Å². The Labute approximate surface area is 245 Å². The molecule has 6 rings (SSSR count). The Bertz CT molecular complexity index is 1920. The van der Waals surface area contributed by atoms with Crippen LogP contribution in [0.4, 0.5) is 5.13 Å². The third-order valence-electron chi connectivity index (χ3n) is 7.23. The molecule has 2 aromatic heterocycles. The van der Waals surface area contributed by atoms with E-state index in [1.165, 1.54) is 30.5 Å². The molecular formula is C32H28N2O7S. The summed E-state index contributed by atoms with van der Waals surface area (Å²) < 4.78 is 23.5. The Morgan fingerprint density at radius 2 is 1.83 bits per heavy atom. The number of ketones is 1. The summed E-state index contributed by atoms with van der Waals surface area (Å²) in [6, 6.07) is 15.0. The van der Waals surface area contributed by atoms with Crippen LogP contribution >= 0.6 is 11.3 Å². The number of Topliss-reactive ketones (excluding diaryl/α,β-unsaturated/α-hetero) is 1. The number of nitrogens with zero attached hydrogens (tertiary/aromatic N) is 2. The highest BCUT2D eigenvalue weighted by molar-refractivity contribution is 7.22. The van der Waals surface area contributed by atoms with E-state index >= 15 is 0 Å². The summed E-state index contributed by atoms with van der Waals surface area (Å²) in [6.07, 6.45) is 0. The number of thiazole rings is 1. The number of anilines is 1. The summed E-state index contributed by atoms with van der Waals surface area (Å²) in [5, 5.41) is 12.3. The van der Waals surface area contributed by atoms with Gasteiger partial charge < -0.3 is 23.7 Å². The minimum absolute atomic E-state index is 0.0376. The van der Waals surface area contributed by atoms with Gasteiger partial charge in [-0.25, -0.2) is 4.98 Å². The summed E-state index contributed by atoms with van der Waals surface area (Å²) in [6.45, 7) is 6.24. The van der Waals surface area contributed by atoms with E-state index in [0.29, 0.717) is 45.5 Å². The van der Waals surface area contributed by atoms with Gasteiger partial charge in [-0.15, -0.1) is 0 Å². The lowest BCUT2D eigenvalue weighted by Crippen LogP contribution is -2.31. The predicted molar refractivity (Wildman–Crippen MR) is 160 cm³/mol. The number of aryl methyl sites for hydroxylation is 2. The van der Waals surface area contributed by atoms with Gasteiger partial charge in [0.15, 0.2) is 39.5 Å². The largest absolute Gasteiger partial charge is 0.503 e. The lowest BCUT2D eigenvalue weighted by molar-refractivity contribution is -0.117. The van der Waals surface area contributed by atoms with Crippen LogP contribution in [0.3, 0.4) is 0 Å². The number of methoxy groups -OCH3 is 2. The van der Waals surface area contributed by atoms with E-state index in [1.54, 1.807) is 42.5 Å². The topological polar surface area (TPSA) is 111 Å². The second-order valence-corrected chi connectivity index (χ2v) is 10.9. The summed E-state index contributed by atoms with van der Waals surface area (Å²) in [7, 11) is 3.02. The lowest BCUT2D eigenvalue weighted by Gasteiger charge is -2.25. The molecule has 0 radical (unpaired) electrons. The standard InChI is InChI=1S/C32H28N2O7S/c1-6-40-20-11-10-18(14-22(20)39-5)27-25(28(35)23-15-19-8-7-9-21(38-4)30(19)41-23)29(36)31(37)34(27)32-33-26-17(3)12-16(2)13-24(26)42-32/h7-15,27,36H,6H2,1-5H3. The average molecular weight is 585 g/mol. The molecule has 1 aliphatic rings. The molecule has 5 aromatic rings. The van der Waals surface area contributed by atoms with Gasteiger partial charge in [0.05, 0.1) is 42.7 Å². The molecule has 0 bridgehead atoms. The fourth-order valence-electron chi connectivity index (χ4n) is 5.38. The number of hydrogen-bond acceptors (Lipinski definition) is 9. The number of hydrogen-bond donors (Lipinski definition) is 1. The molecule has 214 valence electrons. The number of amides is 1. The maximum atomic E-state index is 14.1. The molecule has 1 aliphatic heterocycles. The van der Waals surface area contributed by atoms with Gasteiger partial charge >= 0.3 is 0 Å². The minimum atomic E-state index is -1.02. The third-order valence-corrected chi connectivity index (χ3v) is 8.23. The highest BCUT2D eigenvalue weighted by Gasteiger charge is 2.47. The molecule has 0 spiro atoms. The molecule has 3 aromatic carbocycles. The maximum Gasteiger partial charge on any atom is 0.296 e. The second-order valence-electron chi connectivity index (χ2n) is 9.93. The van der Waals surface area contributed by atoms with Crippen molar-refractivity contribution in [2.45, 2.75) is 26.8 Å². The van der Waals surface area contributed by atoms with Crippen molar-refractivity contribution >= 4 is 49.3 Å². The molecule has 10 heteroatoms. The Morgan fingerprint density at radius 1 is 1.05 bits per heavy atom. The molecule has 9 nitrogen and oxygen atoms in total. The van der Waals surface area contributed by atoms with Gasteiger partial charge in [0.2, 0.25) is 5.78 Å². The number of para-hydroxylation sites is 1. The van der Waals surface area contributed by atoms with Crippen LogP contribution in [0.25, 0.3) is 21.2 Å². The number of fused-ring (bicyclic) bond motifs is 2. The van der Waals surface area contributed by atoms with Crippen molar-refractivity contribution in [2.24, 2.45) is 0 Å². The number of aliphatic hydroxyl groups excluding tert-OH is 1. The van der Waals surface area contributed by atoms with E-state index in [1.807, 2.05) is 32.9 Å². The summed E-state index contributed by atoms with van der Waals surface area (Å²) in [5.74, 6) is -0.685. The number of carbonyl (C=O) groups is 2. The molecule has 0 saturated carbocycles. The number of ether oxygens (including phenoxy) is 3. The van der Waals surface area contributed by atoms with Crippen molar-refractivity contribution in [3.63, 3.8) is 0 Å². The van der Waals surface area contributed by atoms with Crippen molar-refractivity contribution < 1.29 is 33.3 Å². The van der Waals surface area contributed by atoms with Gasteiger partial charge in [-0.2, -0.15) is 0 Å². The molecule has 1 N–H and O–H groups in total. The second kappa shape index (κ2) is 10.5.